The molecule has 0 rings (SSSR count). The molecule has 1 atom stereocenters. The predicted molar refractivity (Wildman–Crippen MR) is 51.8 cm³/mol. The number of carbonyl (C=O) groups excluding carboxylic acids is 3. The minimum absolute atomic E-state index is 0.387. The fourth-order valence-corrected chi connectivity index (χ4v) is 1.08. The molecule has 0 aliphatic carbocycles. The molecule has 0 fully saturated rings. The second-order valence-corrected chi connectivity index (χ2v) is 2.83. The maximum absolute atomic E-state index is 11.1. The predicted octanol–water partition coefficient (Wildman–Crippen LogP) is -0.220. The van der Waals surface area contributed by atoms with Crippen LogP contribution in [0.4, 0.5) is 0 Å². The van der Waals surface area contributed by atoms with Crippen LogP contribution in [0.3, 0.4) is 0 Å². The Morgan fingerprint density at radius 1 is 1.60 bits per heavy atom. The summed E-state index contributed by atoms with van der Waals surface area (Å²) in [7, 11) is 1.26. The standard InChI is InChI=1S/C9H14N2O4/c1-15-9(14)8(11-7-13)4-2-3-5-10-6-12/h7-8H,2-5H2,1H3,(H,11,13). The molecular formula is C9H14N2O4. The number of nitrogens with one attached hydrogen (secondary N) is 1. The summed E-state index contributed by atoms with van der Waals surface area (Å²) in [5, 5.41) is 2.36. The SMILES string of the molecule is COC(=O)C(CCCCN=C=O)NC=O. The second-order valence-electron chi connectivity index (χ2n) is 2.83. The monoisotopic (exact) mass is 214 g/mol. The van der Waals surface area contributed by atoms with Gasteiger partial charge in [-0.1, -0.05) is 0 Å². The molecule has 0 spiro atoms. The highest BCUT2D eigenvalue weighted by Gasteiger charge is 2.16. The van der Waals surface area contributed by atoms with Gasteiger partial charge in [-0.15, -0.1) is 0 Å². The van der Waals surface area contributed by atoms with Gasteiger partial charge in [0.2, 0.25) is 12.5 Å². The third-order valence-corrected chi connectivity index (χ3v) is 1.83. The zero-order valence-corrected chi connectivity index (χ0v) is 8.56. The highest BCUT2D eigenvalue weighted by Crippen LogP contribution is 2.02. The largest absolute Gasteiger partial charge is 0.467 e. The Balaban J connectivity index is 3.80. The number of unbranched alkanes of at least 4 members (excludes halogenated alkanes) is 1. The van der Waals surface area contributed by atoms with Gasteiger partial charge in [-0.2, -0.15) is 0 Å². The average Bonchev–Trinajstić information content (AvgIpc) is 2.26. The molecule has 15 heavy (non-hydrogen) atoms. The van der Waals surface area contributed by atoms with E-state index in [1.807, 2.05) is 0 Å². The van der Waals surface area contributed by atoms with Crippen molar-refractivity contribution in [3.05, 3.63) is 0 Å². The smallest absolute Gasteiger partial charge is 0.328 e. The molecule has 0 heterocycles. The number of nitrogens with zero attached hydrogens (tertiary/aromatic N) is 1. The van der Waals surface area contributed by atoms with Crippen LogP contribution in [0.1, 0.15) is 19.3 Å². The van der Waals surface area contributed by atoms with Crippen molar-refractivity contribution in [1.82, 2.24) is 5.32 Å². The summed E-state index contributed by atoms with van der Waals surface area (Å²) in [6.07, 6.45) is 3.70. The molecule has 0 bridgehead atoms. The van der Waals surface area contributed by atoms with Crippen LogP contribution in [0.25, 0.3) is 0 Å². The molecule has 0 aromatic carbocycles. The van der Waals surface area contributed by atoms with Crippen LogP contribution in [0.2, 0.25) is 0 Å². The Morgan fingerprint density at radius 2 is 2.33 bits per heavy atom. The first kappa shape index (κ1) is 13.3. The molecule has 84 valence electrons. The lowest BCUT2D eigenvalue weighted by Crippen LogP contribution is -2.36. The molecular weight excluding hydrogens is 200 g/mol. The van der Waals surface area contributed by atoms with Gasteiger partial charge in [0.15, 0.2) is 0 Å². The Labute approximate surface area is 87.7 Å². The summed E-state index contributed by atoms with van der Waals surface area (Å²) < 4.78 is 4.50. The highest BCUT2D eigenvalue weighted by molar-refractivity contribution is 5.77. The van der Waals surface area contributed by atoms with Crippen molar-refractivity contribution < 1.29 is 19.1 Å². The summed E-state index contributed by atoms with van der Waals surface area (Å²) in [6, 6.07) is -0.618. The van der Waals surface area contributed by atoms with Crippen LogP contribution < -0.4 is 5.32 Å². The molecule has 1 N–H and O–H groups in total. The minimum Gasteiger partial charge on any atom is -0.467 e. The van der Waals surface area contributed by atoms with E-state index < -0.39 is 12.0 Å². The normalized spacial score (nSPS) is 11.0. The van der Waals surface area contributed by atoms with E-state index in [9.17, 15) is 14.4 Å². The number of aliphatic imine (C=N–C) groups is 1. The van der Waals surface area contributed by atoms with Crippen LogP contribution in [0.5, 0.6) is 0 Å². The molecule has 0 aliphatic rings. The van der Waals surface area contributed by atoms with E-state index >= 15 is 0 Å². The molecule has 1 unspecified atom stereocenters. The summed E-state index contributed by atoms with van der Waals surface area (Å²) >= 11 is 0. The summed E-state index contributed by atoms with van der Waals surface area (Å²) in [5.74, 6) is -0.471. The average molecular weight is 214 g/mol. The van der Waals surface area contributed by atoms with Crippen LogP contribution in [0, 0.1) is 0 Å². The number of esters is 1. The number of carbonyl (C=O) groups is 2. The van der Waals surface area contributed by atoms with Gasteiger partial charge in [-0.3, -0.25) is 4.79 Å². The van der Waals surface area contributed by atoms with Gasteiger partial charge >= 0.3 is 5.97 Å². The van der Waals surface area contributed by atoms with E-state index in [0.29, 0.717) is 32.2 Å². The summed E-state index contributed by atoms with van der Waals surface area (Å²) in [5.41, 5.74) is 0. The number of ether oxygens (including phenoxy) is 1. The zero-order valence-electron chi connectivity index (χ0n) is 8.56. The number of rotatable bonds is 8. The van der Waals surface area contributed by atoms with Gasteiger partial charge in [0.1, 0.15) is 6.04 Å². The summed E-state index contributed by atoms with van der Waals surface area (Å²) in [6.45, 7) is 0.387. The molecule has 0 aliphatic heterocycles. The third-order valence-electron chi connectivity index (χ3n) is 1.83. The molecule has 6 heteroatoms. The number of methoxy groups -OCH3 is 1. The number of hydrogen-bond donors (Lipinski definition) is 1. The fourth-order valence-electron chi connectivity index (χ4n) is 1.08. The Kier molecular flexibility index (Phi) is 7.90. The van der Waals surface area contributed by atoms with Crippen molar-refractivity contribution in [1.29, 1.82) is 0 Å². The number of amides is 1. The lowest BCUT2D eigenvalue weighted by Gasteiger charge is -2.12. The molecule has 6 nitrogen and oxygen atoms in total. The van der Waals surface area contributed by atoms with Crippen molar-refractivity contribution in [2.24, 2.45) is 4.99 Å². The van der Waals surface area contributed by atoms with E-state index in [2.05, 4.69) is 15.0 Å². The van der Waals surface area contributed by atoms with Crippen LogP contribution >= 0.6 is 0 Å². The van der Waals surface area contributed by atoms with Crippen LogP contribution in [-0.4, -0.2) is 38.2 Å². The highest BCUT2D eigenvalue weighted by atomic mass is 16.5. The fraction of sp³-hybridized carbons (Fsp3) is 0.667. The first-order valence-electron chi connectivity index (χ1n) is 4.57. The second kappa shape index (κ2) is 8.90. The van der Waals surface area contributed by atoms with E-state index in [0.717, 1.165) is 0 Å². The quantitative estimate of drug-likeness (QED) is 0.199. The maximum Gasteiger partial charge on any atom is 0.328 e. The first-order valence-corrected chi connectivity index (χ1v) is 4.57. The third kappa shape index (κ3) is 6.40. The van der Waals surface area contributed by atoms with Gasteiger partial charge in [-0.05, 0) is 19.3 Å². The van der Waals surface area contributed by atoms with Crippen LogP contribution in [-0.2, 0) is 19.1 Å². The Bertz CT molecular complexity index is 248. The van der Waals surface area contributed by atoms with Gasteiger partial charge < -0.3 is 10.1 Å². The minimum atomic E-state index is -0.618. The molecule has 0 saturated heterocycles. The topological polar surface area (TPSA) is 84.8 Å². The van der Waals surface area contributed by atoms with Crippen molar-refractivity contribution in [2.45, 2.75) is 25.3 Å². The van der Waals surface area contributed by atoms with Gasteiger partial charge in [0, 0.05) is 0 Å². The molecule has 0 radical (unpaired) electrons. The van der Waals surface area contributed by atoms with Crippen LogP contribution in [0.15, 0.2) is 4.99 Å². The molecule has 1 amide bonds. The van der Waals surface area contributed by atoms with Gasteiger partial charge in [0.05, 0.1) is 13.7 Å². The number of hydrogen-bond acceptors (Lipinski definition) is 5. The number of isocyanates is 1. The van der Waals surface area contributed by atoms with E-state index in [4.69, 9.17) is 0 Å². The molecule has 0 saturated carbocycles. The van der Waals surface area contributed by atoms with Crippen molar-refractivity contribution in [3.63, 3.8) is 0 Å². The van der Waals surface area contributed by atoms with Crippen molar-refractivity contribution in [2.75, 3.05) is 13.7 Å². The molecule has 0 aromatic heterocycles. The van der Waals surface area contributed by atoms with Gasteiger partial charge in [-0.25, -0.2) is 14.6 Å². The first-order chi connectivity index (χ1) is 7.26. The van der Waals surface area contributed by atoms with Crippen molar-refractivity contribution in [3.8, 4) is 0 Å². The Hall–Kier alpha value is -1.68. The van der Waals surface area contributed by atoms with E-state index in [1.54, 1.807) is 0 Å². The lowest BCUT2D eigenvalue weighted by atomic mass is 10.1. The Morgan fingerprint density at radius 3 is 2.87 bits per heavy atom. The zero-order chi connectivity index (χ0) is 11.5. The summed E-state index contributed by atoms with van der Waals surface area (Å²) in [4.78, 5) is 34.4. The lowest BCUT2D eigenvalue weighted by molar-refractivity contribution is -0.144. The van der Waals surface area contributed by atoms with Gasteiger partial charge in [0.25, 0.3) is 0 Å². The maximum atomic E-state index is 11.1. The van der Waals surface area contributed by atoms with E-state index in [-0.39, 0.29) is 0 Å². The van der Waals surface area contributed by atoms with E-state index in [1.165, 1.54) is 13.2 Å². The van der Waals surface area contributed by atoms with Crippen molar-refractivity contribution >= 4 is 18.5 Å². The molecule has 0 aromatic rings.